The smallest absolute Gasteiger partial charge is 0.248 e. The van der Waals surface area contributed by atoms with E-state index in [1.54, 1.807) is 12.1 Å². The highest BCUT2D eigenvalue weighted by Gasteiger charge is 2.22. The molecule has 0 saturated carbocycles. The Morgan fingerprint density at radius 1 is 1.43 bits per heavy atom. The molecule has 1 amide bonds. The second-order valence-electron chi connectivity index (χ2n) is 4.64. The van der Waals surface area contributed by atoms with E-state index in [1.807, 2.05) is 0 Å². The number of hydrogen-bond acceptors (Lipinski definition) is 5. The molecule has 21 heavy (non-hydrogen) atoms. The summed E-state index contributed by atoms with van der Waals surface area (Å²) in [6, 6.07) is 6.21. The Bertz CT molecular complexity index is 658. The number of amides is 1. The van der Waals surface area contributed by atoms with Gasteiger partial charge in [-0.3, -0.25) is 4.79 Å². The maximum absolute atomic E-state index is 12.3. The highest BCUT2D eigenvalue weighted by molar-refractivity contribution is 7.91. The number of sulfone groups is 1. The minimum atomic E-state index is -3.49. The zero-order chi connectivity index (χ0) is 15.5. The van der Waals surface area contributed by atoms with Crippen molar-refractivity contribution in [1.29, 1.82) is 0 Å². The van der Waals surface area contributed by atoms with Crippen LogP contribution in [0, 0.1) is 0 Å². The lowest BCUT2D eigenvalue weighted by molar-refractivity contribution is -0.142. The van der Waals surface area contributed by atoms with Gasteiger partial charge in [0.2, 0.25) is 5.91 Å². The Kier molecular flexibility index (Phi) is 4.92. The van der Waals surface area contributed by atoms with Gasteiger partial charge in [0, 0.05) is 18.7 Å². The number of benzene rings is 1. The maximum atomic E-state index is 12.3. The Balaban J connectivity index is 2.09. The molecule has 1 aromatic rings. The minimum absolute atomic E-state index is 0.0109. The first kappa shape index (κ1) is 15.9. The summed E-state index contributed by atoms with van der Waals surface area (Å²) < 4.78 is 29.6. The van der Waals surface area contributed by atoms with Gasteiger partial charge < -0.3 is 15.4 Å². The van der Waals surface area contributed by atoms with Crippen LogP contribution < -0.4 is 5.73 Å². The van der Waals surface area contributed by atoms with Gasteiger partial charge in [-0.2, -0.15) is 0 Å². The Morgan fingerprint density at radius 3 is 2.86 bits per heavy atom. The van der Waals surface area contributed by atoms with Crippen LogP contribution in [0.25, 0.3) is 0 Å². The van der Waals surface area contributed by atoms with Crippen LogP contribution in [-0.4, -0.2) is 56.3 Å². The van der Waals surface area contributed by atoms with Crippen molar-refractivity contribution in [2.45, 2.75) is 4.90 Å². The van der Waals surface area contributed by atoms with E-state index >= 15 is 0 Å². The van der Waals surface area contributed by atoms with Crippen LogP contribution >= 0.6 is 12.2 Å². The van der Waals surface area contributed by atoms with Crippen molar-refractivity contribution >= 4 is 33.0 Å². The minimum Gasteiger partial charge on any atom is -0.389 e. The van der Waals surface area contributed by atoms with Gasteiger partial charge in [0.05, 0.1) is 17.3 Å². The third-order valence-corrected chi connectivity index (χ3v) is 5.12. The summed E-state index contributed by atoms with van der Waals surface area (Å²) in [6.45, 7) is 1.02. The molecule has 0 aromatic heterocycles. The summed E-state index contributed by atoms with van der Waals surface area (Å²) >= 11 is 4.84. The van der Waals surface area contributed by atoms with Crippen molar-refractivity contribution in [3.63, 3.8) is 0 Å². The average Bonchev–Trinajstić information content (AvgIpc) is 2.46. The summed E-state index contributed by atoms with van der Waals surface area (Å²) in [6.07, 6.45) is 0. The normalized spacial score (nSPS) is 16.0. The number of ether oxygens (including phenoxy) is 1. The third-order valence-electron chi connectivity index (χ3n) is 3.19. The molecular weight excluding hydrogens is 312 g/mol. The third kappa shape index (κ3) is 3.99. The maximum Gasteiger partial charge on any atom is 0.248 e. The van der Waals surface area contributed by atoms with Crippen LogP contribution in [-0.2, 0) is 19.4 Å². The summed E-state index contributed by atoms with van der Waals surface area (Å²) in [5, 5.41) is 0. The standard InChI is InChI=1S/C13H16N2O4S2/c14-13(20)10-2-1-3-11(8-10)21(17,18)7-5-15-4-6-19-9-12(15)16/h1-3,8H,4-7,9H2,(H2,14,20). The molecule has 0 spiro atoms. The molecule has 1 saturated heterocycles. The van der Waals surface area contributed by atoms with Gasteiger partial charge in [-0.15, -0.1) is 0 Å². The molecule has 0 unspecified atom stereocenters. The molecule has 1 aromatic carbocycles. The van der Waals surface area contributed by atoms with E-state index < -0.39 is 9.84 Å². The van der Waals surface area contributed by atoms with Crippen LogP contribution in [0.5, 0.6) is 0 Å². The predicted molar refractivity (Wildman–Crippen MR) is 81.8 cm³/mol. The fourth-order valence-corrected chi connectivity index (χ4v) is 3.39. The molecule has 1 aliphatic heterocycles. The highest BCUT2D eigenvalue weighted by atomic mass is 32.2. The van der Waals surface area contributed by atoms with Crippen molar-refractivity contribution in [3.05, 3.63) is 29.8 Å². The fourth-order valence-electron chi connectivity index (χ4n) is 1.98. The zero-order valence-electron chi connectivity index (χ0n) is 11.3. The molecule has 114 valence electrons. The molecule has 2 N–H and O–H groups in total. The SMILES string of the molecule is NC(=S)c1cccc(S(=O)(=O)CCN2CCOCC2=O)c1. The van der Waals surface area contributed by atoms with Gasteiger partial charge in [0.25, 0.3) is 0 Å². The molecule has 1 fully saturated rings. The summed E-state index contributed by atoms with van der Waals surface area (Å²) in [5.74, 6) is -0.326. The molecule has 6 nitrogen and oxygen atoms in total. The highest BCUT2D eigenvalue weighted by Crippen LogP contribution is 2.14. The van der Waals surface area contributed by atoms with Gasteiger partial charge in [0.1, 0.15) is 11.6 Å². The number of thiocarbonyl (C=S) groups is 1. The number of nitrogens with two attached hydrogens (primary N) is 1. The van der Waals surface area contributed by atoms with Crippen molar-refractivity contribution < 1.29 is 17.9 Å². The van der Waals surface area contributed by atoms with Crippen molar-refractivity contribution in [3.8, 4) is 0 Å². The summed E-state index contributed by atoms with van der Waals surface area (Å²) in [7, 11) is -3.49. The first-order valence-corrected chi connectivity index (χ1v) is 8.44. The number of rotatable bonds is 5. The summed E-state index contributed by atoms with van der Waals surface area (Å²) in [5.41, 5.74) is 6.01. The molecular formula is C13H16N2O4S2. The van der Waals surface area contributed by atoms with E-state index in [9.17, 15) is 13.2 Å². The van der Waals surface area contributed by atoms with Crippen LogP contribution in [0.3, 0.4) is 0 Å². The second-order valence-corrected chi connectivity index (χ2v) is 7.19. The van der Waals surface area contributed by atoms with E-state index in [0.717, 1.165) is 0 Å². The Hall–Kier alpha value is -1.51. The lowest BCUT2D eigenvalue weighted by Crippen LogP contribution is -2.43. The Morgan fingerprint density at radius 2 is 2.19 bits per heavy atom. The largest absolute Gasteiger partial charge is 0.389 e. The van der Waals surface area contributed by atoms with E-state index in [4.69, 9.17) is 22.7 Å². The van der Waals surface area contributed by atoms with Crippen LogP contribution in [0.4, 0.5) is 0 Å². The topological polar surface area (TPSA) is 89.7 Å². The van der Waals surface area contributed by atoms with Crippen LogP contribution in [0.1, 0.15) is 5.56 Å². The second kappa shape index (κ2) is 6.50. The van der Waals surface area contributed by atoms with E-state index in [0.29, 0.717) is 18.7 Å². The molecule has 0 aliphatic carbocycles. The first-order chi connectivity index (χ1) is 9.90. The van der Waals surface area contributed by atoms with Gasteiger partial charge in [-0.05, 0) is 12.1 Å². The van der Waals surface area contributed by atoms with Crippen LogP contribution in [0.15, 0.2) is 29.2 Å². The monoisotopic (exact) mass is 328 g/mol. The first-order valence-electron chi connectivity index (χ1n) is 6.38. The van der Waals surface area contributed by atoms with Gasteiger partial charge in [-0.1, -0.05) is 24.4 Å². The predicted octanol–water partition coefficient (Wildman–Crippen LogP) is -0.0467. The van der Waals surface area contributed by atoms with Crippen molar-refractivity contribution in [2.24, 2.45) is 5.73 Å². The molecule has 0 atom stereocenters. The number of carbonyl (C=O) groups is 1. The number of carbonyl (C=O) groups excluding carboxylic acids is 1. The summed E-state index contributed by atoms with van der Waals surface area (Å²) in [4.78, 5) is 13.4. The lowest BCUT2D eigenvalue weighted by Gasteiger charge is -2.26. The van der Waals surface area contributed by atoms with Crippen molar-refractivity contribution in [1.82, 2.24) is 4.90 Å². The van der Waals surface area contributed by atoms with E-state index in [-0.39, 0.29) is 34.7 Å². The molecule has 1 heterocycles. The average molecular weight is 328 g/mol. The van der Waals surface area contributed by atoms with Crippen molar-refractivity contribution in [2.75, 3.05) is 32.1 Å². The van der Waals surface area contributed by atoms with Gasteiger partial charge in [0.15, 0.2) is 9.84 Å². The molecule has 1 aliphatic rings. The molecule has 2 rings (SSSR count). The molecule has 0 radical (unpaired) electrons. The lowest BCUT2D eigenvalue weighted by atomic mass is 10.2. The number of nitrogens with zero attached hydrogens (tertiary/aromatic N) is 1. The van der Waals surface area contributed by atoms with Crippen LogP contribution in [0.2, 0.25) is 0 Å². The van der Waals surface area contributed by atoms with E-state index in [2.05, 4.69) is 0 Å². The van der Waals surface area contributed by atoms with Gasteiger partial charge >= 0.3 is 0 Å². The number of morpholine rings is 1. The molecule has 8 heteroatoms. The molecule has 0 bridgehead atoms. The fraction of sp³-hybridized carbons (Fsp3) is 0.385. The number of hydrogen-bond donors (Lipinski definition) is 1. The zero-order valence-corrected chi connectivity index (χ0v) is 13.0. The quantitative estimate of drug-likeness (QED) is 0.763. The van der Waals surface area contributed by atoms with Gasteiger partial charge in [-0.25, -0.2) is 8.42 Å². The Labute approximate surface area is 128 Å². The van der Waals surface area contributed by atoms with E-state index in [1.165, 1.54) is 17.0 Å².